The van der Waals surface area contributed by atoms with Crippen molar-refractivity contribution in [2.45, 2.75) is 26.9 Å². The molecule has 1 aromatic rings. The largest absolute Gasteiger partial charge is 0.479 e. The van der Waals surface area contributed by atoms with Crippen molar-refractivity contribution in [2.75, 3.05) is 16.8 Å². The van der Waals surface area contributed by atoms with Crippen LogP contribution in [0.2, 0.25) is 0 Å². The summed E-state index contributed by atoms with van der Waals surface area (Å²) in [5.74, 6) is 0.440. The van der Waals surface area contributed by atoms with Crippen LogP contribution in [0.3, 0.4) is 0 Å². The molecule has 5 nitrogen and oxygen atoms in total. The Bertz CT molecular complexity index is 499. The first-order valence-electron chi connectivity index (χ1n) is 5.92. The lowest BCUT2D eigenvalue weighted by Gasteiger charge is -2.32. The molecule has 2 rings (SSSR count). The highest BCUT2D eigenvalue weighted by molar-refractivity contribution is 6.00. The van der Waals surface area contributed by atoms with E-state index in [2.05, 4.69) is 5.32 Å². The second-order valence-corrected chi connectivity index (χ2v) is 4.21. The Morgan fingerprint density at radius 2 is 2.22 bits per heavy atom. The lowest BCUT2D eigenvalue weighted by atomic mass is 10.1. The lowest BCUT2D eigenvalue weighted by molar-refractivity contribution is -0.125. The third-order valence-corrected chi connectivity index (χ3v) is 2.80. The number of nitrogens with one attached hydrogen (secondary N) is 1. The van der Waals surface area contributed by atoms with E-state index in [9.17, 15) is 9.59 Å². The topological polar surface area (TPSA) is 58.6 Å². The normalized spacial score (nSPS) is 18.1. The molecular weight excluding hydrogens is 232 g/mol. The van der Waals surface area contributed by atoms with Crippen molar-refractivity contribution >= 4 is 23.2 Å². The van der Waals surface area contributed by atoms with Gasteiger partial charge in [0.1, 0.15) is 5.75 Å². The Balaban J connectivity index is 2.38. The second kappa shape index (κ2) is 4.68. The summed E-state index contributed by atoms with van der Waals surface area (Å²) < 4.78 is 5.56. The molecule has 5 heteroatoms. The first-order valence-corrected chi connectivity index (χ1v) is 5.92. The number of rotatable bonds is 2. The number of carbonyl (C=O) groups is 2. The standard InChI is InChI=1S/C13H16N2O3/c1-4-15-11-6-5-10(14-9(3)16)7-12(11)18-8(2)13(15)17/h5-8H,4H2,1-3H3,(H,14,16). The van der Waals surface area contributed by atoms with Gasteiger partial charge in [0.2, 0.25) is 5.91 Å². The van der Waals surface area contributed by atoms with Crippen molar-refractivity contribution in [1.82, 2.24) is 0 Å². The molecule has 1 N–H and O–H groups in total. The highest BCUT2D eigenvalue weighted by Crippen LogP contribution is 2.36. The number of benzene rings is 1. The van der Waals surface area contributed by atoms with E-state index in [1.54, 1.807) is 30.0 Å². The van der Waals surface area contributed by atoms with Gasteiger partial charge < -0.3 is 15.0 Å². The third kappa shape index (κ3) is 2.16. The Kier molecular flexibility index (Phi) is 3.23. The molecule has 1 aliphatic heterocycles. The van der Waals surface area contributed by atoms with Crippen LogP contribution < -0.4 is 15.0 Å². The fourth-order valence-electron chi connectivity index (χ4n) is 2.02. The minimum Gasteiger partial charge on any atom is -0.479 e. The molecule has 0 saturated carbocycles. The minimum absolute atomic E-state index is 0.0442. The maximum atomic E-state index is 11.9. The number of carbonyl (C=O) groups excluding carboxylic acids is 2. The number of hydrogen-bond donors (Lipinski definition) is 1. The van der Waals surface area contributed by atoms with E-state index in [0.717, 1.165) is 5.69 Å². The Hall–Kier alpha value is -2.04. The molecule has 0 bridgehead atoms. The summed E-state index contributed by atoms with van der Waals surface area (Å²) in [6.07, 6.45) is -0.495. The van der Waals surface area contributed by atoms with Gasteiger partial charge in [0.25, 0.3) is 5.91 Å². The SMILES string of the molecule is CCN1C(=O)C(C)Oc2cc(NC(C)=O)ccc21. The zero-order valence-corrected chi connectivity index (χ0v) is 10.7. The Morgan fingerprint density at radius 3 is 2.83 bits per heavy atom. The van der Waals surface area contributed by atoms with Crippen LogP contribution in [0.4, 0.5) is 11.4 Å². The zero-order chi connectivity index (χ0) is 13.3. The Labute approximate surface area is 106 Å². The number of likely N-dealkylation sites (N-methyl/N-ethyl adjacent to an activating group) is 1. The molecule has 0 aromatic heterocycles. The van der Waals surface area contributed by atoms with E-state index < -0.39 is 6.10 Å². The smallest absolute Gasteiger partial charge is 0.267 e. The first kappa shape index (κ1) is 12.4. The van der Waals surface area contributed by atoms with Crippen molar-refractivity contribution in [3.63, 3.8) is 0 Å². The van der Waals surface area contributed by atoms with Crippen LogP contribution in [0.15, 0.2) is 18.2 Å². The summed E-state index contributed by atoms with van der Waals surface area (Å²) in [5, 5.41) is 2.69. The van der Waals surface area contributed by atoms with Gasteiger partial charge in [0, 0.05) is 25.2 Å². The van der Waals surface area contributed by atoms with Gasteiger partial charge in [-0.3, -0.25) is 9.59 Å². The predicted octanol–water partition coefficient (Wildman–Crippen LogP) is 1.78. The monoisotopic (exact) mass is 248 g/mol. The van der Waals surface area contributed by atoms with E-state index in [1.807, 2.05) is 6.92 Å². The van der Waals surface area contributed by atoms with Crippen LogP contribution in [0.1, 0.15) is 20.8 Å². The van der Waals surface area contributed by atoms with Crippen LogP contribution in [-0.4, -0.2) is 24.5 Å². The van der Waals surface area contributed by atoms with Gasteiger partial charge in [-0.05, 0) is 26.0 Å². The molecule has 1 aliphatic rings. The maximum Gasteiger partial charge on any atom is 0.267 e. The highest BCUT2D eigenvalue weighted by atomic mass is 16.5. The predicted molar refractivity (Wildman–Crippen MR) is 68.9 cm³/mol. The Morgan fingerprint density at radius 1 is 1.50 bits per heavy atom. The van der Waals surface area contributed by atoms with E-state index in [-0.39, 0.29) is 11.8 Å². The molecule has 0 aliphatic carbocycles. The average molecular weight is 248 g/mol. The summed E-state index contributed by atoms with van der Waals surface area (Å²) in [4.78, 5) is 24.6. The third-order valence-electron chi connectivity index (χ3n) is 2.80. The van der Waals surface area contributed by atoms with Crippen molar-refractivity contribution in [2.24, 2.45) is 0 Å². The first-order chi connectivity index (χ1) is 8.52. The molecule has 0 fully saturated rings. The van der Waals surface area contributed by atoms with E-state index in [4.69, 9.17) is 4.74 Å². The van der Waals surface area contributed by atoms with Gasteiger partial charge in [-0.15, -0.1) is 0 Å². The summed E-state index contributed by atoms with van der Waals surface area (Å²) in [6.45, 7) is 5.68. The molecule has 96 valence electrons. The van der Waals surface area contributed by atoms with Crippen LogP contribution >= 0.6 is 0 Å². The molecular formula is C13H16N2O3. The number of hydrogen-bond acceptors (Lipinski definition) is 3. The van der Waals surface area contributed by atoms with Gasteiger partial charge in [-0.2, -0.15) is 0 Å². The van der Waals surface area contributed by atoms with Crippen molar-refractivity contribution in [1.29, 1.82) is 0 Å². The molecule has 0 saturated heterocycles. The quantitative estimate of drug-likeness (QED) is 0.867. The summed E-state index contributed by atoms with van der Waals surface area (Å²) in [7, 11) is 0. The molecule has 18 heavy (non-hydrogen) atoms. The average Bonchev–Trinajstić information content (AvgIpc) is 2.30. The molecule has 1 aromatic carbocycles. The van der Waals surface area contributed by atoms with E-state index in [0.29, 0.717) is 18.0 Å². The fraction of sp³-hybridized carbons (Fsp3) is 0.385. The number of nitrogens with zero attached hydrogens (tertiary/aromatic N) is 1. The maximum absolute atomic E-state index is 11.9. The van der Waals surface area contributed by atoms with Crippen LogP contribution in [0, 0.1) is 0 Å². The van der Waals surface area contributed by atoms with Crippen LogP contribution in [-0.2, 0) is 9.59 Å². The minimum atomic E-state index is -0.495. The fourth-order valence-corrected chi connectivity index (χ4v) is 2.02. The zero-order valence-electron chi connectivity index (χ0n) is 10.7. The van der Waals surface area contributed by atoms with E-state index >= 15 is 0 Å². The molecule has 1 atom stereocenters. The van der Waals surface area contributed by atoms with Crippen molar-refractivity contribution in [3.8, 4) is 5.75 Å². The number of anilines is 2. The van der Waals surface area contributed by atoms with E-state index in [1.165, 1.54) is 6.92 Å². The van der Waals surface area contributed by atoms with Gasteiger partial charge in [0.05, 0.1) is 5.69 Å². The van der Waals surface area contributed by atoms with Gasteiger partial charge in [0.15, 0.2) is 6.10 Å². The van der Waals surface area contributed by atoms with Crippen molar-refractivity contribution in [3.05, 3.63) is 18.2 Å². The summed E-state index contributed by atoms with van der Waals surface area (Å²) in [5.41, 5.74) is 1.41. The number of fused-ring (bicyclic) bond motifs is 1. The highest BCUT2D eigenvalue weighted by Gasteiger charge is 2.30. The molecule has 1 unspecified atom stereocenters. The van der Waals surface area contributed by atoms with Gasteiger partial charge >= 0.3 is 0 Å². The van der Waals surface area contributed by atoms with Gasteiger partial charge in [-0.25, -0.2) is 0 Å². The van der Waals surface area contributed by atoms with Gasteiger partial charge in [-0.1, -0.05) is 0 Å². The molecule has 0 spiro atoms. The van der Waals surface area contributed by atoms with Crippen molar-refractivity contribution < 1.29 is 14.3 Å². The lowest BCUT2D eigenvalue weighted by Crippen LogP contribution is -2.44. The second-order valence-electron chi connectivity index (χ2n) is 4.21. The van der Waals surface area contributed by atoms with Crippen LogP contribution in [0.25, 0.3) is 0 Å². The molecule has 0 radical (unpaired) electrons. The molecule has 1 heterocycles. The molecule has 2 amide bonds. The summed E-state index contributed by atoms with van der Waals surface area (Å²) in [6, 6.07) is 5.28. The number of amides is 2. The van der Waals surface area contributed by atoms with Crippen LogP contribution in [0.5, 0.6) is 5.75 Å². The number of ether oxygens (including phenoxy) is 1. The summed E-state index contributed by atoms with van der Waals surface area (Å²) >= 11 is 0.